The second-order valence-corrected chi connectivity index (χ2v) is 5.39. The molecular formula is C14H19F3N2. The van der Waals surface area contributed by atoms with Gasteiger partial charge in [-0.15, -0.1) is 0 Å². The second-order valence-electron chi connectivity index (χ2n) is 5.39. The minimum absolute atomic E-state index is 0.253. The molecule has 0 amide bonds. The third-order valence-electron chi connectivity index (χ3n) is 3.70. The van der Waals surface area contributed by atoms with E-state index in [2.05, 4.69) is 11.9 Å². The number of hydrogen-bond acceptors (Lipinski definition) is 2. The van der Waals surface area contributed by atoms with Gasteiger partial charge in [-0.2, -0.15) is 13.2 Å². The van der Waals surface area contributed by atoms with Gasteiger partial charge in [0.05, 0.1) is 5.56 Å². The molecule has 0 radical (unpaired) electrons. The fourth-order valence-electron chi connectivity index (χ4n) is 2.71. The fraction of sp³-hybridized carbons (Fsp3) is 0.571. The van der Waals surface area contributed by atoms with E-state index in [-0.39, 0.29) is 5.69 Å². The Morgan fingerprint density at radius 3 is 2.68 bits per heavy atom. The van der Waals surface area contributed by atoms with Crippen molar-refractivity contribution in [2.24, 2.45) is 5.92 Å². The molecule has 5 heteroatoms. The van der Waals surface area contributed by atoms with Crippen LogP contribution in [0.2, 0.25) is 0 Å². The predicted molar refractivity (Wildman–Crippen MR) is 69.8 cm³/mol. The molecule has 1 heterocycles. The van der Waals surface area contributed by atoms with Crippen molar-refractivity contribution in [3.63, 3.8) is 0 Å². The minimum atomic E-state index is -4.32. The van der Waals surface area contributed by atoms with Crippen molar-refractivity contribution in [3.05, 3.63) is 29.3 Å². The van der Waals surface area contributed by atoms with Crippen LogP contribution >= 0.6 is 0 Å². The summed E-state index contributed by atoms with van der Waals surface area (Å²) in [5.74, 6) is 0.484. The minimum Gasteiger partial charge on any atom is -0.398 e. The molecule has 1 saturated heterocycles. The molecule has 2 N–H and O–H groups in total. The first-order valence-corrected chi connectivity index (χ1v) is 6.50. The number of rotatable bonds is 2. The molecule has 2 rings (SSSR count). The van der Waals surface area contributed by atoms with E-state index in [4.69, 9.17) is 5.73 Å². The van der Waals surface area contributed by atoms with Gasteiger partial charge < -0.3 is 10.6 Å². The van der Waals surface area contributed by atoms with E-state index in [0.29, 0.717) is 5.92 Å². The van der Waals surface area contributed by atoms with Gasteiger partial charge in [0.25, 0.3) is 0 Å². The summed E-state index contributed by atoms with van der Waals surface area (Å²) in [6.45, 7) is 2.08. The topological polar surface area (TPSA) is 29.3 Å². The molecule has 0 aromatic heterocycles. The van der Waals surface area contributed by atoms with Gasteiger partial charge in [-0.25, -0.2) is 0 Å². The molecule has 0 spiro atoms. The predicted octanol–water partition coefficient (Wildman–Crippen LogP) is 3.17. The molecule has 19 heavy (non-hydrogen) atoms. The number of likely N-dealkylation sites (tertiary alicyclic amines) is 1. The number of halogens is 3. The maximum atomic E-state index is 12.5. The summed E-state index contributed by atoms with van der Waals surface area (Å²) in [6.07, 6.45) is -1.31. The first kappa shape index (κ1) is 14.2. The first-order chi connectivity index (χ1) is 8.86. The van der Waals surface area contributed by atoms with Gasteiger partial charge in [0, 0.05) is 12.2 Å². The highest BCUT2D eigenvalue weighted by molar-refractivity contribution is 5.50. The van der Waals surface area contributed by atoms with Crippen molar-refractivity contribution < 1.29 is 13.2 Å². The van der Waals surface area contributed by atoms with Crippen molar-refractivity contribution >= 4 is 5.69 Å². The molecule has 1 unspecified atom stereocenters. The highest BCUT2D eigenvalue weighted by atomic mass is 19.4. The smallest absolute Gasteiger partial charge is 0.398 e. The van der Waals surface area contributed by atoms with Gasteiger partial charge in [0.15, 0.2) is 0 Å². The molecule has 106 valence electrons. The third-order valence-corrected chi connectivity index (χ3v) is 3.70. The SMILES string of the molecule is CN1CCCC(Cc2ccc(C(F)(F)F)cc2N)C1. The second kappa shape index (κ2) is 5.41. The van der Waals surface area contributed by atoms with Crippen molar-refractivity contribution in [1.29, 1.82) is 0 Å². The van der Waals surface area contributed by atoms with Gasteiger partial charge in [-0.05, 0) is 56.5 Å². The monoisotopic (exact) mass is 272 g/mol. The maximum absolute atomic E-state index is 12.5. The quantitative estimate of drug-likeness (QED) is 0.838. The van der Waals surface area contributed by atoms with Crippen LogP contribution in [0.15, 0.2) is 18.2 Å². The first-order valence-electron chi connectivity index (χ1n) is 6.50. The zero-order valence-electron chi connectivity index (χ0n) is 11.0. The lowest BCUT2D eigenvalue weighted by atomic mass is 9.90. The summed E-state index contributed by atoms with van der Waals surface area (Å²) in [5, 5.41) is 0. The summed E-state index contributed by atoms with van der Waals surface area (Å²) in [4.78, 5) is 2.26. The van der Waals surface area contributed by atoms with Gasteiger partial charge in [0.1, 0.15) is 0 Å². The van der Waals surface area contributed by atoms with Crippen LogP contribution < -0.4 is 5.73 Å². The van der Waals surface area contributed by atoms with E-state index in [9.17, 15) is 13.2 Å². The highest BCUT2D eigenvalue weighted by Crippen LogP contribution is 2.32. The van der Waals surface area contributed by atoms with Crippen LogP contribution in [0.25, 0.3) is 0 Å². The summed E-state index contributed by atoms with van der Waals surface area (Å²) >= 11 is 0. The summed E-state index contributed by atoms with van der Waals surface area (Å²) in [6, 6.07) is 3.69. The van der Waals surface area contributed by atoms with Crippen LogP contribution in [-0.2, 0) is 12.6 Å². The molecule has 1 atom stereocenters. The van der Waals surface area contributed by atoms with Gasteiger partial charge >= 0.3 is 6.18 Å². The molecule has 0 bridgehead atoms. The van der Waals surface area contributed by atoms with Crippen molar-refractivity contribution in [2.75, 3.05) is 25.9 Å². The van der Waals surface area contributed by atoms with Gasteiger partial charge in [-0.1, -0.05) is 6.07 Å². The Bertz CT molecular complexity index is 443. The van der Waals surface area contributed by atoms with Crippen LogP contribution in [0.3, 0.4) is 0 Å². The van der Waals surface area contributed by atoms with Crippen LogP contribution in [-0.4, -0.2) is 25.0 Å². The zero-order valence-corrected chi connectivity index (χ0v) is 11.0. The van der Waals surface area contributed by atoms with E-state index in [1.807, 2.05) is 0 Å². The average Bonchev–Trinajstić information content (AvgIpc) is 2.30. The number of nitrogens with zero attached hydrogens (tertiary/aromatic N) is 1. The molecule has 1 fully saturated rings. The van der Waals surface area contributed by atoms with E-state index >= 15 is 0 Å². The number of hydrogen-bond donors (Lipinski definition) is 1. The fourth-order valence-corrected chi connectivity index (χ4v) is 2.71. The molecule has 1 aliphatic heterocycles. The Hall–Kier alpha value is -1.23. The van der Waals surface area contributed by atoms with Crippen molar-refractivity contribution in [1.82, 2.24) is 4.90 Å². The molecule has 0 aliphatic carbocycles. The van der Waals surface area contributed by atoms with Gasteiger partial charge in [-0.3, -0.25) is 0 Å². The molecule has 2 nitrogen and oxygen atoms in total. The normalized spacial score (nSPS) is 21.6. The molecule has 1 aliphatic rings. The number of nitrogen functional groups attached to an aromatic ring is 1. The lowest BCUT2D eigenvalue weighted by Gasteiger charge is -2.30. The molecular weight excluding hydrogens is 253 g/mol. The lowest BCUT2D eigenvalue weighted by molar-refractivity contribution is -0.137. The number of alkyl halides is 3. The molecule has 1 aromatic carbocycles. The average molecular weight is 272 g/mol. The Kier molecular flexibility index (Phi) is 4.04. The number of piperidine rings is 1. The van der Waals surface area contributed by atoms with Crippen molar-refractivity contribution in [2.45, 2.75) is 25.4 Å². The van der Waals surface area contributed by atoms with Crippen LogP contribution in [0.1, 0.15) is 24.0 Å². The Morgan fingerprint density at radius 1 is 1.37 bits per heavy atom. The lowest BCUT2D eigenvalue weighted by Crippen LogP contribution is -2.33. The van der Waals surface area contributed by atoms with E-state index in [0.717, 1.165) is 50.0 Å². The van der Waals surface area contributed by atoms with Crippen LogP contribution in [0.5, 0.6) is 0 Å². The van der Waals surface area contributed by atoms with E-state index < -0.39 is 11.7 Å². The standard InChI is InChI=1S/C14H19F3N2/c1-19-6-2-3-10(9-19)7-11-4-5-12(8-13(11)18)14(15,16)17/h4-5,8,10H,2-3,6-7,9,18H2,1H3. The number of anilines is 1. The zero-order chi connectivity index (χ0) is 14.0. The Balaban J connectivity index is 2.09. The van der Waals surface area contributed by atoms with E-state index in [1.165, 1.54) is 6.07 Å². The molecule has 1 aromatic rings. The Labute approximate surface area is 111 Å². The Morgan fingerprint density at radius 2 is 2.11 bits per heavy atom. The van der Waals surface area contributed by atoms with Crippen LogP contribution in [0.4, 0.5) is 18.9 Å². The third kappa shape index (κ3) is 3.62. The maximum Gasteiger partial charge on any atom is 0.416 e. The summed E-state index contributed by atoms with van der Waals surface area (Å²) in [5.41, 5.74) is 6.16. The highest BCUT2D eigenvalue weighted by Gasteiger charge is 2.31. The molecule has 0 saturated carbocycles. The number of nitrogens with two attached hydrogens (primary N) is 1. The van der Waals surface area contributed by atoms with Crippen molar-refractivity contribution in [3.8, 4) is 0 Å². The number of benzene rings is 1. The summed E-state index contributed by atoms with van der Waals surface area (Å²) in [7, 11) is 2.07. The summed E-state index contributed by atoms with van der Waals surface area (Å²) < 4.78 is 37.6. The van der Waals surface area contributed by atoms with Gasteiger partial charge in [0.2, 0.25) is 0 Å². The largest absolute Gasteiger partial charge is 0.416 e. The van der Waals surface area contributed by atoms with Crippen LogP contribution in [0, 0.1) is 5.92 Å². The van der Waals surface area contributed by atoms with E-state index in [1.54, 1.807) is 0 Å².